The van der Waals surface area contributed by atoms with Crippen molar-refractivity contribution in [2.24, 2.45) is 0 Å². The van der Waals surface area contributed by atoms with Gasteiger partial charge in [0.2, 0.25) is 0 Å². The molecule has 0 atom stereocenters. The Labute approximate surface area is 88.5 Å². The fourth-order valence-electron chi connectivity index (χ4n) is 1.05. The fourth-order valence-corrected chi connectivity index (χ4v) is 1.40. The van der Waals surface area contributed by atoms with Gasteiger partial charge in [-0.15, -0.1) is 0 Å². The van der Waals surface area contributed by atoms with Gasteiger partial charge in [-0.3, -0.25) is 0 Å². The van der Waals surface area contributed by atoms with Crippen LogP contribution in [0.4, 0.5) is 0 Å². The summed E-state index contributed by atoms with van der Waals surface area (Å²) in [6.45, 7) is 1.79. The van der Waals surface area contributed by atoms with Crippen LogP contribution in [0.25, 0.3) is 0 Å². The Morgan fingerprint density at radius 1 is 1.64 bits per heavy atom. The summed E-state index contributed by atoms with van der Waals surface area (Å²) >= 11 is 1.82. The monoisotopic (exact) mass is 207 g/mol. The molecule has 1 aromatic rings. The maximum absolute atomic E-state index is 8.64. The lowest BCUT2D eigenvalue weighted by molar-refractivity contribution is 0.731. The summed E-state index contributed by atoms with van der Waals surface area (Å²) in [6.07, 6.45) is 3.76. The number of hydrogen-bond donors (Lipinski definition) is 1. The van der Waals surface area contributed by atoms with Crippen molar-refractivity contribution in [1.29, 1.82) is 5.26 Å². The van der Waals surface area contributed by atoms with E-state index in [1.165, 1.54) is 0 Å². The molecule has 0 aliphatic heterocycles. The molecular formula is C10H13N3S. The van der Waals surface area contributed by atoms with E-state index in [9.17, 15) is 0 Å². The zero-order valence-electron chi connectivity index (χ0n) is 8.16. The summed E-state index contributed by atoms with van der Waals surface area (Å²) < 4.78 is 0. The van der Waals surface area contributed by atoms with E-state index in [0.717, 1.165) is 24.4 Å². The number of aromatic nitrogens is 1. The average Bonchev–Trinajstić information content (AvgIpc) is 2.25. The van der Waals surface area contributed by atoms with Crippen LogP contribution in [0, 0.1) is 11.3 Å². The first-order chi connectivity index (χ1) is 6.86. The van der Waals surface area contributed by atoms with Gasteiger partial charge in [-0.1, -0.05) is 0 Å². The smallest absolute Gasteiger partial charge is 0.140 e. The van der Waals surface area contributed by atoms with Crippen molar-refractivity contribution in [3.05, 3.63) is 29.6 Å². The number of rotatable bonds is 5. The predicted molar refractivity (Wildman–Crippen MR) is 59.0 cm³/mol. The van der Waals surface area contributed by atoms with Gasteiger partial charge in [-0.25, -0.2) is 4.98 Å². The van der Waals surface area contributed by atoms with Crippen LogP contribution in [0.2, 0.25) is 0 Å². The van der Waals surface area contributed by atoms with Crippen LogP contribution >= 0.6 is 11.8 Å². The molecule has 0 amide bonds. The fraction of sp³-hybridized carbons (Fsp3) is 0.400. The van der Waals surface area contributed by atoms with Gasteiger partial charge in [0, 0.05) is 25.0 Å². The molecule has 1 N–H and O–H groups in total. The van der Waals surface area contributed by atoms with Gasteiger partial charge in [-0.2, -0.15) is 17.0 Å². The Bertz CT molecular complexity index is 319. The molecule has 0 unspecified atom stereocenters. The lowest BCUT2D eigenvalue weighted by atomic mass is 10.2. The van der Waals surface area contributed by atoms with Crippen molar-refractivity contribution in [3.8, 4) is 6.07 Å². The molecule has 0 aliphatic rings. The van der Waals surface area contributed by atoms with Crippen molar-refractivity contribution in [2.45, 2.75) is 6.54 Å². The highest BCUT2D eigenvalue weighted by Gasteiger charge is 1.95. The van der Waals surface area contributed by atoms with Gasteiger partial charge < -0.3 is 5.32 Å². The minimum absolute atomic E-state index is 0.481. The molecule has 0 saturated heterocycles. The molecule has 0 aromatic carbocycles. The largest absolute Gasteiger partial charge is 0.312 e. The third-order valence-electron chi connectivity index (χ3n) is 1.75. The molecule has 1 aromatic heterocycles. The van der Waals surface area contributed by atoms with Gasteiger partial charge >= 0.3 is 0 Å². The van der Waals surface area contributed by atoms with E-state index < -0.39 is 0 Å². The van der Waals surface area contributed by atoms with Crippen LogP contribution in [-0.2, 0) is 6.54 Å². The highest BCUT2D eigenvalue weighted by Crippen LogP contribution is 2.00. The molecule has 0 aliphatic carbocycles. The maximum atomic E-state index is 8.64. The molecule has 0 spiro atoms. The molecule has 74 valence electrons. The Kier molecular flexibility index (Phi) is 5.05. The highest BCUT2D eigenvalue weighted by atomic mass is 32.2. The van der Waals surface area contributed by atoms with Crippen LogP contribution in [0.1, 0.15) is 11.3 Å². The normalized spacial score (nSPS) is 9.71. The minimum atomic E-state index is 0.481. The number of hydrogen-bond acceptors (Lipinski definition) is 4. The standard InChI is InChI=1S/C10H13N3S/c1-14-5-4-12-8-9-2-3-13-10(6-9)7-11/h2-3,6,12H,4-5,8H2,1H3. The van der Waals surface area contributed by atoms with Gasteiger partial charge in [0.15, 0.2) is 0 Å². The Morgan fingerprint density at radius 3 is 3.21 bits per heavy atom. The summed E-state index contributed by atoms with van der Waals surface area (Å²) in [5.41, 5.74) is 1.59. The molecular weight excluding hydrogens is 194 g/mol. The second-order valence-corrected chi connectivity index (χ2v) is 3.82. The minimum Gasteiger partial charge on any atom is -0.312 e. The van der Waals surface area contributed by atoms with E-state index in [4.69, 9.17) is 5.26 Å². The molecule has 4 heteroatoms. The molecule has 0 bridgehead atoms. The van der Waals surface area contributed by atoms with E-state index in [2.05, 4.69) is 16.6 Å². The number of thioether (sulfide) groups is 1. The first kappa shape index (κ1) is 11.0. The summed E-state index contributed by atoms with van der Waals surface area (Å²) in [7, 11) is 0. The van der Waals surface area contributed by atoms with Crippen molar-refractivity contribution in [2.75, 3.05) is 18.6 Å². The second-order valence-electron chi connectivity index (χ2n) is 2.83. The topological polar surface area (TPSA) is 48.7 Å². The molecule has 1 rings (SSSR count). The number of nitrogens with zero attached hydrogens (tertiary/aromatic N) is 2. The highest BCUT2D eigenvalue weighted by molar-refractivity contribution is 7.98. The summed E-state index contributed by atoms with van der Waals surface area (Å²) in [6, 6.07) is 5.76. The van der Waals surface area contributed by atoms with E-state index in [1.54, 1.807) is 6.20 Å². The third kappa shape index (κ3) is 3.77. The number of nitrogens with one attached hydrogen (secondary N) is 1. The first-order valence-corrected chi connectivity index (χ1v) is 5.81. The average molecular weight is 207 g/mol. The molecule has 0 saturated carbocycles. The van der Waals surface area contributed by atoms with Gasteiger partial charge in [0.25, 0.3) is 0 Å². The Hall–Kier alpha value is -1.05. The van der Waals surface area contributed by atoms with Crippen molar-refractivity contribution in [3.63, 3.8) is 0 Å². The Morgan fingerprint density at radius 2 is 2.50 bits per heavy atom. The van der Waals surface area contributed by atoms with Crippen LogP contribution in [0.5, 0.6) is 0 Å². The third-order valence-corrected chi connectivity index (χ3v) is 2.36. The van der Waals surface area contributed by atoms with E-state index in [1.807, 2.05) is 30.0 Å². The maximum Gasteiger partial charge on any atom is 0.140 e. The van der Waals surface area contributed by atoms with Gasteiger partial charge in [0.05, 0.1) is 0 Å². The SMILES string of the molecule is CSCCNCc1ccnc(C#N)c1. The van der Waals surface area contributed by atoms with Crippen molar-refractivity contribution < 1.29 is 0 Å². The van der Waals surface area contributed by atoms with Crippen LogP contribution in [0.3, 0.4) is 0 Å². The van der Waals surface area contributed by atoms with Gasteiger partial charge in [-0.05, 0) is 24.0 Å². The molecule has 0 fully saturated rings. The van der Waals surface area contributed by atoms with Crippen molar-refractivity contribution in [1.82, 2.24) is 10.3 Å². The quantitative estimate of drug-likeness (QED) is 0.742. The number of pyridine rings is 1. The summed E-state index contributed by atoms with van der Waals surface area (Å²) in [4.78, 5) is 3.91. The van der Waals surface area contributed by atoms with E-state index in [-0.39, 0.29) is 0 Å². The molecule has 0 radical (unpaired) electrons. The van der Waals surface area contributed by atoms with Gasteiger partial charge in [0.1, 0.15) is 11.8 Å². The molecule has 14 heavy (non-hydrogen) atoms. The molecule has 3 nitrogen and oxygen atoms in total. The zero-order chi connectivity index (χ0) is 10.2. The first-order valence-electron chi connectivity index (χ1n) is 4.41. The lowest BCUT2D eigenvalue weighted by Gasteiger charge is -2.03. The van der Waals surface area contributed by atoms with Crippen LogP contribution in [-0.4, -0.2) is 23.5 Å². The summed E-state index contributed by atoms with van der Waals surface area (Å²) in [5.74, 6) is 1.11. The lowest BCUT2D eigenvalue weighted by Crippen LogP contribution is -2.16. The van der Waals surface area contributed by atoms with E-state index >= 15 is 0 Å². The van der Waals surface area contributed by atoms with Crippen LogP contribution < -0.4 is 5.32 Å². The zero-order valence-corrected chi connectivity index (χ0v) is 8.97. The Balaban J connectivity index is 2.39. The number of nitriles is 1. The van der Waals surface area contributed by atoms with Crippen LogP contribution in [0.15, 0.2) is 18.3 Å². The molecule has 1 heterocycles. The van der Waals surface area contributed by atoms with E-state index in [0.29, 0.717) is 5.69 Å². The predicted octanol–water partition coefficient (Wildman–Crippen LogP) is 1.41. The van der Waals surface area contributed by atoms with Crippen molar-refractivity contribution >= 4 is 11.8 Å². The summed E-state index contributed by atoms with van der Waals surface area (Å²) in [5, 5.41) is 11.9. The second kappa shape index (κ2) is 6.41.